The van der Waals surface area contributed by atoms with Gasteiger partial charge in [0.05, 0.1) is 19.2 Å². The fourth-order valence-electron chi connectivity index (χ4n) is 1.16. The lowest BCUT2D eigenvalue weighted by molar-refractivity contribution is 0.397. The monoisotopic (exact) mass is 205 g/mol. The molecule has 0 saturated carbocycles. The Kier molecular flexibility index (Phi) is 4.58. The number of hydrogen-bond acceptors (Lipinski definition) is 4. The molecule has 15 heavy (non-hydrogen) atoms. The van der Waals surface area contributed by atoms with Crippen LogP contribution in [0.1, 0.15) is 18.9 Å². The van der Waals surface area contributed by atoms with Gasteiger partial charge in [-0.2, -0.15) is 5.26 Å². The van der Waals surface area contributed by atoms with E-state index in [0.717, 1.165) is 12.0 Å². The van der Waals surface area contributed by atoms with Crippen LogP contribution in [0.5, 0.6) is 5.88 Å². The van der Waals surface area contributed by atoms with Gasteiger partial charge < -0.3 is 4.74 Å². The Balaban J connectivity index is 2.48. The van der Waals surface area contributed by atoms with E-state index in [2.05, 4.69) is 16.4 Å². The van der Waals surface area contributed by atoms with Gasteiger partial charge in [0.25, 0.3) is 0 Å². The van der Waals surface area contributed by atoms with Crippen LogP contribution in [0.2, 0.25) is 0 Å². The van der Waals surface area contributed by atoms with Gasteiger partial charge in [-0.3, -0.25) is 5.32 Å². The minimum Gasteiger partial charge on any atom is -0.481 e. The highest BCUT2D eigenvalue weighted by molar-refractivity contribution is 5.17. The zero-order valence-electron chi connectivity index (χ0n) is 9.03. The Bertz CT molecular complexity index is 329. The molecule has 1 rings (SSSR count). The fraction of sp³-hybridized carbons (Fsp3) is 0.455. The molecule has 0 spiro atoms. The lowest BCUT2D eigenvalue weighted by Crippen LogP contribution is -2.26. The van der Waals surface area contributed by atoms with Gasteiger partial charge in [-0.05, 0) is 12.0 Å². The number of nitrogens with zero attached hydrogens (tertiary/aromatic N) is 2. The quantitative estimate of drug-likeness (QED) is 0.791. The van der Waals surface area contributed by atoms with E-state index in [1.165, 1.54) is 0 Å². The molecule has 0 radical (unpaired) electrons. The third-order valence-corrected chi connectivity index (χ3v) is 2.12. The van der Waals surface area contributed by atoms with Crippen molar-refractivity contribution in [1.29, 1.82) is 5.26 Å². The van der Waals surface area contributed by atoms with E-state index in [-0.39, 0.29) is 6.04 Å². The predicted molar refractivity (Wildman–Crippen MR) is 57.3 cm³/mol. The molecule has 1 heterocycles. The minimum atomic E-state index is -0.0906. The highest BCUT2D eigenvalue weighted by atomic mass is 16.5. The number of ether oxygens (including phenoxy) is 1. The number of methoxy groups -OCH3 is 1. The molecule has 0 aliphatic rings. The summed E-state index contributed by atoms with van der Waals surface area (Å²) in [7, 11) is 1.59. The van der Waals surface area contributed by atoms with Crippen molar-refractivity contribution in [3.8, 4) is 11.9 Å². The standard InChI is InChI=1S/C11H15N3O/c1-3-10(6-12)13-7-9-4-5-11(15-2)14-8-9/h4-5,8,10,13H,3,7H2,1-2H3. The van der Waals surface area contributed by atoms with Gasteiger partial charge in [0.15, 0.2) is 0 Å². The molecule has 1 N–H and O–H groups in total. The van der Waals surface area contributed by atoms with Crippen molar-refractivity contribution in [2.45, 2.75) is 25.9 Å². The van der Waals surface area contributed by atoms with Crippen LogP contribution in [0.25, 0.3) is 0 Å². The van der Waals surface area contributed by atoms with Crippen LogP contribution >= 0.6 is 0 Å². The topological polar surface area (TPSA) is 57.9 Å². The molecule has 0 aliphatic heterocycles. The summed E-state index contributed by atoms with van der Waals surface area (Å²) in [6, 6.07) is 5.84. The molecule has 0 saturated heterocycles. The van der Waals surface area contributed by atoms with Crippen molar-refractivity contribution in [3.05, 3.63) is 23.9 Å². The summed E-state index contributed by atoms with van der Waals surface area (Å²) in [6.45, 7) is 2.64. The molecule has 0 fully saturated rings. The van der Waals surface area contributed by atoms with E-state index in [9.17, 15) is 0 Å². The molecule has 1 unspecified atom stereocenters. The van der Waals surface area contributed by atoms with Crippen molar-refractivity contribution in [2.75, 3.05) is 7.11 Å². The molecule has 0 aliphatic carbocycles. The number of nitriles is 1. The largest absolute Gasteiger partial charge is 0.481 e. The maximum Gasteiger partial charge on any atom is 0.212 e. The average Bonchev–Trinajstić information content (AvgIpc) is 2.31. The molecule has 1 atom stereocenters. The van der Waals surface area contributed by atoms with Crippen molar-refractivity contribution in [2.24, 2.45) is 0 Å². The SMILES string of the molecule is CCC(C#N)NCc1ccc(OC)nc1. The van der Waals surface area contributed by atoms with Crippen LogP contribution in [-0.4, -0.2) is 18.1 Å². The number of rotatable bonds is 5. The van der Waals surface area contributed by atoms with Crippen LogP contribution in [0, 0.1) is 11.3 Å². The number of nitrogens with one attached hydrogen (secondary N) is 1. The van der Waals surface area contributed by atoms with Gasteiger partial charge in [-0.25, -0.2) is 4.98 Å². The van der Waals surface area contributed by atoms with Crippen molar-refractivity contribution in [1.82, 2.24) is 10.3 Å². The third kappa shape index (κ3) is 3.56. The summed E-state index contributed by atoms with van der Waals surface area (Å²) in [6.07, 6.45) is 2.55. The van der Waals surface area contributed by atoms with Crippen molar-refractivity contribution >= 4 is 0 Å². The molecule has 4 nitrogen and oxygen atoms in total. The van der Waals surface area contributed by atoms with Gasteiger partial charge >= 0.3 is 0 Å². The maximum absolute atomic E-state index is 8.74. The van der Waals surface area contributed by atoms with E-state index >= 15 is 0 Å². The van der Waals surface area contributed by atoms with Gasteiger partial charge in [-0.1, -0.05) is 13.0 Å². The van der Waals surface area contributed by atoms with Crippen LogP contribution in [0.4, 0.5) is 0 Å². The second-order valence-corrected chi connectivity index (χ2v) is 3.18. The summed E-state index contributed by atoms with van der Waals surface area (Å²) < 4.78 is 4.95. The van der Waals surface area contributed by atoms with Crippen LogP contribution in [-0.2, 0) is 6.54 Å². The first-order valence-electron chi connectivity index (χ1n) is 4.92. The summed E-state index contributed by atoms with van der Waals surface area (Å²) in [5.41, 5.74) is 1.05. The summed E-state index contributed by atoms with van der Waals surface area (Å²) in [5.74, 6) is 0.603. The first-order chi connectivity index (χ1) is 7.30. The Hall–Kier alpha value is -1.60. The Morgan fingerprint density at radius 1 is 1.60 bits per heavy atom. The predicted octanol–water partition coefficient (Wildman–Crippen LogP) is 1.48. The lowest BCUT2D eigenvalue weighted by Gasteiger charge is -2.08. The zero-order valence-corrected chi connectivity index (χ0v) is 9.03. The smallest absolute Gasteiger partial charge is 0.212 e. The molecule has 4 heteroatoms. The summed E-state index contributed by atoms with van der Waals surface area (Å²) >= 11 is 0. The number of aromatic nitrogens is 1. The number of hydrogen-bond donors (Lipinski definition) is 1. The van der Waals surface area contributed by atoms with Crippen molar-refractivity contribution in [3.63, 3.8) is 0 Å². The van der Waals surface area contributed by atoms with Gasteiger partial charge in [-0.15, -0.1) is 0 Å². The third-order valence-electron chi connectivity index (χ3n) is 2.12. The van der Waals surface area contributed by atoms with Gasteiger partial charge in [0.2, 0.25) is 5.88 Å². The molecule has 0 aromatic carbocycles. The van der Waals surface area contributed by atoms with E-state index in [0.29, 0.717) is 12.4 Å². The second kappa shape index (κ2) is 5.99. The van der Waals surface area contributed by atoms with Gasteiger partial charge in [0, 0.05) is 18.8 Å². The Labute approximate surface area is 89.9 Å². The Morgan fingerprint density at radius 2 is 2.40 bits per heavy atom. The highest BCUT2D eigenvalue weighted by Gasteiger charge is 2.03. The highest BCUT2D eigenvalue weighted by Crippen LogP contribution is 2.06. The molecular formula is C11H15N3O. The maximum atomic E-state index is 8.74. The second-order valence-electron chi connectivity index (χ2n) is 3.18. The minimum absolute atomic E-state index is 0.0906. The van der Waals surface area contributed by atoms with Crippen LogP contribution in [0.3, 0.4) is 0 Å². The molecule has 1 aromatic heterocycles. The average molecular weight is 205 g/mol. The van der Waals surface area contributed by atoms with Crippen molar-refractivity contribution < 1.29 is 4.74 Å². The van der Waals surface area contributed by atoms with Crippen LogP contribution in [0.15, 0.2) is 18.3 Å². The molecular weight excluding hydrogens is 190 g/mol. The summed E-state index contributed by atoms with van der Waals surface area (Å²) in [5, 5.41) is 11.9. The number of pyridine rings is 1. The Morgan fingerprint density at radius 3 is 2.87 bits per heavy atom. The van der Waals surface area contributed by atoms with Crippen LogP contribution < -0.4 is 10.1 Å². The molecule has 0 bridgehead atoms. The van der Waals surface area contributed by atoms with E-state index < -0.39 is 0 Å². The molecule has 80 valence electrons. The zero-order chi connectivity index (χ0) is 11.1. The first-order valence-corrected chi connectivity index (χ1v) is 4.92. The van der Waals surface area contributed by atoms with E-state index in [1.54, 1.807) is 13.3 Å². The normalized spacial score (nSPS) is 11.8. The molecule has 1 aromatic rings. The molecule has 0 amide bonds. The van der Waals surface area contributed by atoms with E-state index in [1.807, 2.05) is 19.1 Å². The van der Waals surface area contributed by atoms with Gasteiger partial charge in [0.1, 0.15) is 0 Å². The fourth-order valence-corrected chi connectivity index (χ4v) is 1.16. The lowest BCUT2D eigenvalue weighted by atomic mass is 10.2. The van der Waals surface area contributed by atoms with E-state index in [4.69, 9.17) is 10.00 Å². The first kappa shape index (κ1) is 11.5. The summed E-state index contributed by atoms with van der Waals surface area (Å²) in [4.78, 5) is 4.08.